The van der Waals surface area contributed by atoms with Gasteiger partial charge in [0.1, 0.15) is 0 Å². The maximum Gasteiger partial charge on any atom is 0.361 e. The highest BCUT2D eigenvalue weighted by atomic mass is 28.4. The summed E-state index contributed by atoms with van der Waals surface area (Å²) >= 11 is 0. The van der Waals surface area contributed by atoms with Crippen molar-refractivity contribution in [2.75, 3.05) is 19.4 Å². The Kier molecular flexibility index (Phi) is 4.89. The van der Waals surface area contributed by atoms with E-state index in [1.54, 1.807) is 0 Å². The molecule has 4 heteroatoms. The Morgan fingerprint density at radius 1 is 1.20 bits per heavy atom. The molecule has 0 aromatic rings. The predicted octanol–water partition coefficient (Wildman–Crippen LogP) is 0.663. The minimum absolute atomic E-state index is 0.0364. The number of hydrogen-bond donors (Lipinski definition) is 1. The second kappa shape index (κ2) is 4.84. The summed E-state index contributed by atoms with van der Waals surface area (Å²) in [5, 5.41) is 8.86. The molecule has 0 aliphatic rings. The first kappa shape index (κ1) is 10.1. The summed E-state index contributed by atoms with van der Waals surface area (Å²) in [7, 11) is -2.17. The summed E-state index contributed by atoms with van der Waals surface area (Å²) in [5.41, 5.74) is 0. The fourth-order valence-electron chi connectivity index (χ4n) is 0.744. The predicted molar refractivity (Wildman–Crippen MR) is 42.0 cm³/mol. The number of rotatable bonds is 5. The van der Waals surface area contributed by atoms with Crippen LogP contribution in [0.2, 0.25) is 6.55 Å². The molecule has 0 aliphatic carbocycles. The average molecular weight is 164 g/mol. The summed E-state index contributed by atoms with van der Waals surface area (Å²) in [6.45, 7) is 6.90. The van der Waals surface area contributed by atoms with Crippen LogP contribution in [0.1, 0.15) is 13.8 Å². The van der Waals surface area contributed by atoms with Crippen molar-refractivity contribution in [3.05, 3.63) is 0 Å². The number of aliphatic hydroxyl groups excluding tert-OH is 1. The molecule has 0 amide bonds. The van der Waals surface area contributed by atoms with Gasteiger partial charge in [-0.3, -0.25) is 0 Å². The van der Waals surface area contributed by atoms with E-state index in [2.05, 4.69) is 0 Å². The second-order valence-corrected chi connectivity index (χ2v) is 5.32. The number of aliphatic hydroxyl groups is 1. The van der Waals surface area contributed by atoms with Crippen molar-refractivity contribution in [3.63, 3.8) is 0 Å². The van der Waals surface area contributed by atoms with Crippen molar-refractivity contribution in [1.82, 2.24) is 0 Å². The van der Waals surface area contributed by atoms with Crippen LogP contribution in [0.5, 0.6) is 0 Å². The third-order valence-electron chi connectivity index (χ3n) is 1.19. The van der Waals surface area contributed by atoms with E-state index in [0.29, 0.717) is 13.2 Å². The lowest BCUT2D eigenvalue weighted by Gasteiger charge is -2.22. The SMILES string of the molecule is CCO[Si](C)(CO)OCC. The Labute approximate surface area is 63.2 Å². The van der Waals surface area contributed by atoms with Crippen LogP contribution < -0.4 is 0 Å². The Morgan fingerprint density at radius 3 is 1.80 bits per heavy atom. The molecular weight excluding hydrogens is 148 g/mol. The van der Waals surface area contributed by atoms with Crippen LogP contribution in [-0.2, 0) is 8.85 Å². The zero-order valence-electron chi connectivity index (χ0n) is 6.89. The molecular formula is C6H16O3Si. The van der Waals surface area contributed by atoms with Crippen molar-refractivity contribution in [1.29, 1.82) is 0 Å². The van der Waals surface area contributed by atoms with Crippen LogP contribution in [0.4, 0.5) is 0 Å². The van der Waals surface area contributed by atoms with Crippen LogP contribution in [0, 0.1) is 0 Å². The van der Waals surface area contributed by atoms with Gasteiger partial charge in [0.25, 0.3) is 0 Å². The fraction of sp³-hybridized carbons (Fsp3) is 1.00. The molecule has 0 aromatic carbocycles. The van der Waals surface area contributed by atoms with Crippen molar-refractivity contribution >= 4 is 8.56 Å². The third-order valence-corrected chi connectivity index (χ3v) is 3.56. The summed E-state index contributed by atoms with van der Waals surface area (Å²) in [5.74, 6) is 0. The average Bonchev–Trinajstić information content (AvgIpc) is 1.89. The molecule has 0 radical (unpaired) electrons. The van der Waals surface area contributed by atoms with Crippen LogP contribution in [0.25, 0.3) is 0 Å². The highest BCUT2D eigenvalue weighted by molar-refractivity contribution is 6.65. The second-order valence-electron chi connectivity index (χ2n) is 2.16. The maximum absolute atomic E-state index is 8.86. The van der Waals surface area contributed by atoms with Gasteiger partial charge >= 0.3 is 8.56 Å². The van der Waals surface area contributed by atoms with Gasteiger partial charge in [-0.25, -0.2) is 0 Å². The molecule has 0 unspecified atom stereocenters. The van der Waals surface area contributed by atoms with Crippen LogP contribution in [0.3, 0.4) is 0 Å². The molecule has 0 heterocycles. The van der Waals surface area contributed by atoms with E-state index < -0.39 is 8.56 Å². The van der Waals surface area contributed by atoms with E-state index in [0.717, 1.165) is 0 Å². The Balaban J connectivity index is 3.69. The fourth-order valence-corrected chi connectivity index (χ4v) is 2.23. The quantitative estimate of drug-likeness (QED) is 0.607. The summed E-state index contributed by atoms with van der Waals surface area (Å²) in [6, 6.07) is 0. The molecule has 0 aliphatic heterocycles. The van der Waals surface area contributed by atoms with Gasteiger partial charge in [-0.2, -0.15) is 0 Å². The zero-order chi connectivity index (χ0) is 8.04. The van der Waals surface area contributed by atoms with E-state index in [9.17, 15) is 0 Å². The molecule has 0 rings (SSSR count). The molecule has 0 spiro atoms. The first-order chi connectivity index (χ1) is 4.68. The molecule has 1 N–H and O–H groups in total. The van der Waals surface area contributed by atoms with Crippen LogP contribution in [0.15, 0.2) is 0 Å². The molecule has 0 bridgehead atoms. The number of hydrogen-bond acceptors (Lipinski definition) is 3. The summed E-state index contributed by atoms with van der Waals surface area (Å²) in [4.78, 5) is 0. The van der Waals surface area contributed by atoms with Gasteiger partial charge in [-0.05, 0) is 20.4 Å². The molecule has 0 fully saturated rings. The molecule has 10 heavy (non-hydrogen) atoms. The van der Waals surface area contributed by atoms with Gasteiger partial charge in [0.05, 0.1) is 6.23 Å². The van der Waals surface area contributed by atoms with E-state index in [1.165, 1.54) is 0 Å². The van der Waals surface area contributed by atoms with E-state index in [-0.39, 0.29) is 6.23 Å². The Bertz CT molecular complexity index is 81.1. The molecule has 3 nitrogen and oxygen atoms in total. The minimum Gasteiger partial charge on any atom is -0.394 e. The zero-order valence-corrected chi connectivity index (χ0v) is 7.89. The summed E-state index contributed by atoms with van der Waals surface area (Å²) in [6.07, 6.45) is 0.0364. The lowest BCUT2D eigenvalue weighted by Crippen LogP contribution is -2.43. The molecule has 62 valence electrons. The van der Waals surface area contributed by atoms with Gasteiger partial charge in [-0.15, -0.1) is 0 Å². The monoisotopic (exact) mass is 164 g/mol. The van der Waals surface area contributed by atoms with Gasteiger partial charge < -0.3 is 14.0 Å². The van der Waals surface area contributed by atoms with Crippen molar-refractivity contribution in [3.8, 4) is 0 Å². The van der Waals surface area contributed by atoms with E-state index in [1.807, 2.05) is 20.4 Å². The van der Waals surface area contributed by atoms with Gasteiger partial charge in [-0.1, -0.05) is 0 Å². The Hall–Kier alpha value is 0.0969. The van der Waals surface area contributed by atoms with Crippen molar-refractivity contribution < 1.29 is 14.0 Å². The molecule has 0 aromatic heterocycles. The smallest absolute Gasteiger partial charge is 0.361 e. The van der Waals surface area contributed by atoms with Crippen LogP contribution in [-0.4, -0.2) is 33.1 Å². The summed E-state index contributed by atoms with van der Waals surface area (Å²) < 4.78 is 10.6. The highest BCUT2D eigenvalue weighted by Gasteiger charge is 2.29. The van der Waals surface area contributed by atoms with E-state index in [4.69, 9.17) is 14.0 Å². The highest BCUT2D eigenvalue weighted by Crippen LogP contribution is 2.04. The van der Waals surface area contributed by atoms with Crippen LogP contribution >= 0.6 is 0 Å². The maximum atomic E-state index is 8.86. The van der Waals surface area contributed by atoms with Crippen molar-refractivity contribution in [2.45, 2.75) is 20.4 Å². The Morgan fingerprint density at radius 2 is 1.60 bits per heavy atom. The molecule has 0 saturated heterocycles. The minimum atomic E-state index is -2.17. The first-order valence-electron chi connectivity index (χ1n) is 3.57. The lowest BCUT2D eigenvalue weighted by molar-refractivity contribution is 0.158. The topological polar surface area (TPSA) is 38.7 Å². The van der Waals surface area contributed by atoms with Gasteiger partial charge in [0.2, 0.25) is 0 Å². The molecule has 0 atom stereocenters. The first-order valence-corrected chi connectivity index (χ1v) is 6.09. The van der Waals surface area contributed by atoms with E-state index >= 15 is 0 Å². The largest absolute Gasteiger partial charge is 0.394 e. The van der Waals surface area contributed by atoms with Crippen molar-refractivity contribution in [2.24, 2.45) is 0 Å². The normalized spacial score (nSPS) is 12.0. The lowest BCUT2D eigenvalue weighted by atomic mass is 10.9. The molecule has 0 saturated carbocycles. The van der Waals surface area contributed by atoms with Gasteiger partial charge in [0.15, 0.2) is 0 Å². The standard InChI is InChI=1S/C6H16O3Si/c1-4-8-10(3,6-7)9-5-2/h7H,4-6H2,1-3H3. The van der Waals surface area contributed by atoms with Gasteiger partial charge in [0, 0.05) is 13.2 Å². The third kappa shape index (κ3) is 3.31.